The predicted octanol–water partition coefficient (Wildman–Crippen LogP) is 2.72. The highest BCUT2D eigenvalue weighted by Crippen LogP contribution is 2.25. The minimum absolute atomic E-state index is 0.0920. The van der Waals surface area contributed by atoms with Gasteiger partial charge in [-0.2, -0.15) is 0 Å². The van der Waals surface area contributed by atoms with Crippen LogP contribution in [0.3, 0.4) is 0 Å². The van der Waals surface area contributed by atoms with E-state index in [1.165, 1.54) is 0 Å². The third-order valence-corrected chi connectivity index (χ3v) is 2.68. The molecule has 0 aliphatic rings. The summed E-state index contributed by atoms with van der Waals surface area (Å²) in [4.78, 5) is 23.8. The number of allylic oxidation sites excluding steroid dienone is 1. The highest BCUT2D eigenvalue weighted by Gasteiger charge is 2.36. The van der Waals surface area contributed by atoms with Crippen molar-refractivity contribution in [2.24, 2.45) is 11.8 Å². The van der Waals surface area contributed by atoms with Crippen molar-refractivity contribution in [2.75, 3.05) is 13.2 Å². The molecule has 0 radical (unpaired) electrons. The van der Waals surface area contributed by atoms with E-state index in [4.69, 9.17) is 9.47 Å². The van der Waals surface area contributed by atoms with Gasteiger partial charge >= 0.3 is 11.9 Å². The van der Waals surface area contributed by atoms with Crippen LogP contribution in [-0.2, 0) is 19.1 Å². The first-order chi connectivity index (χ1) is 8.62. The first kappa shape index (κ1) is 16.7. The Morgan fingerprint density at radius 2 is 1.61 bits per heavy atom. The third kappa shape index (κ3) is 5.34. The van der Waals surface area contributed by atoms with Gasteiger partial charge in [0, 0.05) is 0 Å². The van der Waals surface area contributed by atoms with Crippen molar-refractivity contribution < 1.29 is 19.1 Å². The average Bonchev–Trinajstić information content (AvgIpc) is 2.30. The molecular weight excluding hydrogens is 232 g/mol. The van der Waals surface area contributed by atoms with Crippen LogP contribution in [0.4, 0.5) is 0 Å². The molecule has 4 heteroatoms. The van der Waals surface area contributed by atoms with E-state index in [9.17, 15) is 9.59 Å². The van der Waals surface area contributed by atoms with E-state index in [0.717, 1.165) is 12.8 Å². The number of hydrogen-bond acceptors (Lipinski definition) is 4. The Labute approximate surface area is 109 Å². The molecule has 0 aromatic carbocycles. The molecule has 104 valence electrons. The first-order valence-corrected chi connectivity index (χ1v) is 6.56. The van der Waals surface area contributed by atoms with E-state index in [1.807, 2.05) is 6.92 Å². The molecule has 0 bridgehead atoms. The van der Waals surface area contributed by atoms with Crippen molar-refractivity contribution in [1.82, 2.24) is 0 Å². The maximum atomic E-state index is 11.9. The smallest absolute Gasteiger partial charge is 0.320 e. The fraction of sp³-hybridized carbons (Fsp3) is 0.714. The number of carbonyl (C=O) groups is 2. The molecule has 18 heavy (non-hydrogen) atoms. The molecule has 0 amide bonds. The number of esters is 2. The van der Waals surface area contributed by atoms with Gasteiger partial charge in [-0.15, -0.1) is 6.58 Å². The van der Waals surface area contributed by atoms with Crippen molar-refractivity contribution >= 4 is 11.9 Å². The second-order valence-electron chi connectivity index (χ2n) is 4.05. The lowest BCUT2D eigenvalue weighted by Gasteiger charge is -2.22. The molecule has 1 atom stereocenters. The zero-order valence-corrected chi connectivity index (χ0v) is 11.6. The molecule has 0 rings (SSSR count). The number of ether oxygens (including phenoxy) is 2. The van der Waals surface area contributed by atoms with Crippen LogP contribution >= 0.6 is 0 Å². The number of rotatable bonds is 9. The Morgan fingerprint density at radius 3 is 1.94 bits per heavy atom. The van der Waals surface area contributed by atoms with Gasteiger partial charge in [0.15, 0.2) is 5.92 Å². The Bertz CT molecular complexity index is 255. The summed E-state index contributed by atoms with van der Waals surface area (Å²) < 4.78 is 9.94. The quantitative estimate of drug-likeness (QED) is 0.361. The van der Waals surface area contributed by atoms with Crippen LogP contribution in [0.15, 0.2) is 12.7 Å². The van der Waals surface area contributed by atoms with Crippen molar-refractivity contribution in [3.63, 3.8) is 0 Å². The van der Waals surface area contributed by atoms with Gasteiger partial charge in [-0.1, -0.05) is 19.4 Å². The van der Waals surface area contributed by atoms with E-state index in [0.29, 0.717) is 6.42 Å². The van der Waals surface area contributed by atoms with Crippen molar-refractivity contribution in [1.29, 1.82) is 0 Å². The van der Waals surface area contributed by atoms with Crippen molar-refractivity contribution in [3.8, 4) is 0 Å². The maximum Gasteiger partial charge on any atom is 0.320 e. The van der Waals surface area contributed by atoms with Crippen LogP contribution in [0, 0.1) is 11.8 Å². The summed E-state index contributed by atoms with van der Waals surface area (Å²) in [6, 6.07) is 0. The fourth-order valence-corrected chi connectivity index (χ4v) is 1.95. The summed E-state index contributed by atoms with van der Waals surface area (Å²) in [5.74, 6) is -1.90. The molecule has 0 saturated heterocycles. The molecule has 0 heterocycles. The minimum Gasteiger partial charge on any atom is -0.465 e. The van der Waals surface area contributed by atoms with Crippen LogP contribution in [0.5, 0.6) is 0 Å². The van der Waals surface area contributed by atoms with Gasteiger partial charge in [-0.3, -0.25) is 9.59 Å². The maximum absolute atomic E-state index is 11.9. The second-order valence-corrected chi connectivity index (χ2v) is 4.05. The summed E-state index contributed by atoms with van der Waals surface area (Å²) in [5, 5.41) is 0. The lowest BCUT2D eigenvalue weighted by molar-refractivity contribution is -0.164. The first-order valence-electron chi connectivity index (χ1n) is 6.56. The molecular formula is C14H24O4. The standard InChI is InChI=1S/C14H24O4/c1-5-9-11(10-6-2)12(13(15)17-7-3)14(16)18-8-4/h5,11-12H,1,6-10H2,2-4H3. The largest absolute Gasteiger partial charge is 0.465 e. The molecule has 1 unspecified atom stereocenters. The van der Waals surface area contributed by atoms with Crippen molar-refractivity contribution in [2.45, 2.75) is 40.0 Å². The Morgan fingerprint density at radius 1 is 1.11 bits per heavy atom. The molecule has 0 aliphatic heterocycles. The van der Waals surface area contributed by atoms with E-state index in [-0.39, 0.29) is 19.1 Å². The minimum atomic E-state index is -0.831. The lowest BCUT2D eigenvalue weighted by Crippen LogP contribution is -2.34. The number of hydrogen-bond donors (Lipinski definition) is 0. The predicted molar refractivity (Wildman–Crippen MR) is 70.0 cm³/mol. The Hall–Kier alpha value is -1.32. The van der Waals surface area contributed by atoms with E-state index < -0.39 is 17.9 Å². The molecule has 0 spiro atoms. The molecule has 0 saturated carbocycles. The van der Waals surface area contributed by atoms with Gasteiger partial charge in [0.05, 0.1) is 13.2 Å². The topological polar surface area (TPSA) is 52.6 Å². The van der Waals surface area contributed by atoms with E-state index >= 15 is 0 Å². The zero-order valence-electron chi connectivity index (χ0n) is 11.6. The van der Waals surface area contributed by atoms with Gasteiger partial charge in [-0.05, 0) is 32.6 Å². The van der Waals surface area contributed by atoms with Gasteiger partial charge in [0.2, 0.25) is 0 Å². The van der Waals surface area contributed by atoms with Crippen LogP contribution in [0.1, 0.15) is 40.0 Å². The molecule has 4 nitrogen and oxygen atoms in total. The van der Waals surface area contributed by atoms with E-state index in [2.05, 4.69) is 6.58 Å². The SMILES string of the molecule is C=CCC(CCC)C(C(=O)OCC)C(=O)OCC. The summed E-state index contributed by atoms with van der Waals surface area (Å²) >= 11 is 0. The van der Waals surface area contributed by atoms with Gasteiger partial charge < -0.3 is 9.47 Å². The van der Waals surface area contributed by atoms with Crippen molar-refractivity contribution in [3.05, 3.63) is 12.7 Å². The summed E-state index contributed by atoms with van der Waals surface area (Å²) in [7, 11) is 0. The van der Waals surface area contributed by atoms with Gasteiger partial charge in [-0.25, -0.2) is 0 Å². The summed E-state index contributed by atoms with van der Waals surface area (Å²) in [6.07, 6.45) is 4.00. The average molecular weight is 256 g/mol. The normalized spacial score (nSPS) is 12.0. The van der Waals surface area contributed by atoms with Crippen LogP contribution in [0.25, 0.3) is 0 Å². The van der Waals surface area contributed by atoms with E-state index in [1.54, 1.807) is 19.9 Å². The summed E-state index contributed by atoms with van der Waals surface area (Å²) in [5.41, 5.74) is 0. The Balaban J connectivity index is 4.94. The van der Waals surface area contributed by atoms with Gasteiger partial charge in [0.25, 0.3) is 0 Å². The molecule has 0 fully saturated rings. The molecule has 0 aromatic heterocycles. The lowest BCUT2D eigenvalue weighted by atomic mass is 9.86. The van der Waals surface area contributed by atoms with Crippen LogP contribution in [-0.4, -0.2) is 25.2 Å². The highest BCUT2D eigenvalue weighted by molar-refractivity contribution is 5.95. The number of carbonyl (C=O) groups excluding carboxylic acids is 2. The third-order valence-electron chi connectivity index (χ3n) is 2.68. The fourth-order valence-electron chi connectivity index (χ4n) is 1.95. The molecule has 0 aromatic rings. The zero-order chi connectivity index (χ0) is 14.0. The van der Waals surface area contributed by atoms with Gasteiger partial charge in [0.1, 0.15) is 0 Å². The monoisotopic (exact) mass is 256 g/mol. The van der Waals surface area contributed by atoms with Crippen LogP contribution < -0.4 is 0 Å². The molecule has 0 N–H and O–H groups in total. The van der Waals surface area contributed by atoms with Crippen LogP contribution in [0.2, 0.25) is 0 Å². The second kappa shape index (κ2) is 9.68. The Kier molecular flexibility index (Phi) is 8.97. The summed E-state index contributed by atoms with van der Waals surface area (Å²) in [6.45, 7) is 9.67. The molecule has 0 aliphatic carbocycles. The highest BCUT2D eigenvalue weighted by atomic mass is 16.6.